The Bertz CT molecular complexity index is 597. The Morgan fingerprint density at radius 1 is 1.19 bits per heavy atom. The van der Waals surface area contributed by atoms with Crippen LogP contribution < -0.4 is 4.90 Å². The van der Waals surface area contributed by atoms with Gasteiger partial charge < -0.3 is 10.0 Å². The highest BCUT2D eigenvalue weighted by molar-refractivity contribution is 5.94. The van der Waals surface area contributed by atoms with E-state index in [9.17, 15) is 14.7 Å². The molecule has 21 heavy (non-hydrogen) atoms. The number of benzene rings is 1. The van der Waals surface area contributed by atoms with E-state index in [4.69, 9.17) is 0 Å². The maximum absolute atomic E-state index is 12.7. The van der Waals surface area contributed by atoms with E-state index in [1.807, 2.05) is 30.3 Å². The van der Waals surface area contributed by atoms with Gasteiger partial charge in [0.1, 0.15) is 0 Å². The maximum atomic E-state index is 12.7. The fourth-order valence-corrected chi connectivity index (χ4v) is 2.93. The summed E-state index contributed by atoms with van der Waals surface area (Å²) in [7, 11) is 0. The zero-order valence-electron chi connectivity index (χ0n) is 11.7. The van der Waals surface area contributed by atoms with E-state index in [1.54, 1.807) is 9.80 Å². The summed E-state index contributed by atoms with van der Waals surface area (Å²) in [6.07, 6.45) is 5.37. The monoisotopic (exact) mass is 286 g/mol. The second-order valence-electron chi connectivity index (χ2n) is 5.47. The van der Waals surface area contributed by atoms with Crippen molar-refractivity contribution in [3.8, 4) is 0 Å². The number of carbonyl (C=O) groups excluding carboxylic acids is 1. The van der Waals surface area contributed by atoms with Crippen LogP contribution >= 0.6 is 0 Å². The van der Waals surface area contributed by atoms with Crippen LogP contribution in [0.3, 0.4) is 0 Å². The molecule has 2 aliphatic heterocycles. The molecule has 3 rings (SSSR count). The molecule has 0 aromatic heterocycles. The topological polar surface area (TPSA) is 60.9 Å². The number of fused-ring (bicyclic) bond motifs is 1. The summed E-state index contributed by atoms with van der Waals surface area (Å²) >= 11 is 0. The third-order valence-electron chi connectivity index (χ3n) is 4.06. The summed E-state index contributed by atoms with van der Waals surface area (Å²) in [6, 6.07) is 7.47. The summed E-state index contributed by atoms with van der Waals surface area (Å²) in [6.45, 7) is 1.52. The number of para-hydroxylation sites is 1. The molecule has 0 saturated heterocycles. The number of anilines is 1. The van der Waals surface area contributed by atoms with Crippen molar-refractivity contribution in [2.45, 2.75) is 12.8 Å². The summed E-state index contributed by atoms with van der Waals surface area (Å²) in [5.41, 5.74) is 1.77. The van der Waals surface area contributed by atoms with Crippen molar-refractivity contribution < 1.29 is 14.7 Å². The smallest absolute Gasteiger partial charge is 0.324 e. The minimum absolute atomic E-state index is 0.0993. The first-order chi connectivity index (χ1) is 10.2. The Hall–Kier alpha value is -2.30. The maximum Gasteiger partial charge on any atom is 0.324 e. The molecule has 1 aromatic carbocycles. The minimum atomic E-state index is -0.846. The second-order valence-corrected chi connectivity index (χ2v) is 5.47. The van der Waals surface area contributed by atoms with Gasteiger partial charge in [0.15, 0.2) is 0 Å². The Kier molecular flexibility index (Phi) is 3.64. The van der Waals surface area contributed by atoms with Gasteiger partial charge in [-0.15, -0.1) is 0 Å². The molecule has 5 nitrogen and oxygen atoms in total. The molecule has 0 saturated carbocycles. The molecule has 0 spiro atoms. The van der Waals surface area contributed by atoms with Crippen molar-refractivity contribution in [2.24, 2.45) is 5.92 Å². The number of urea groups is 1. The molecule has 0 bridgehead atoms. The molecular weight excluding hydrogens is 268 g/mol. The van der Waals surface area contributed by atoms with Crippen LogP contribution in [0.15, 0.2) is 36.4 Å². The predicted molar refractivity (Wildman–Crippen MR) is 79.3 cm³/mol. The molecular formula is C16H18N2O3. The molecule has 1 aromatic rings. The molecule has 2 amide bonds. The minimum Gasteiger partial charge on any atom is -0.481 e. The van der Waals surface area contributed by atoms with Gasteiger partial charge in [0.25, 0.3) is 0 Å². The van der Waals surface area contributed by atoms with Crippen molar-refractivity contribution >= 4 is 17.7 Å². The van der Waals surface area contributed by atoms with Gasteiger partial charge >= 0.3 is 12.0 Å². The second kappa shape index (κ2) is 5.60. The fraction of sp³-hybridized carbons (Fsp3) is 0.375. The zero-order chi connectivity index (χ0) is 14.8. The highest BCUT2D eigenvalue weighted by Gasteiger charge is 2.33. The van der Waals surface area contributed by atoms with Crippen LogP contribution in [0.5, 0.6) is 0 Å². The van der Waals surface area contributed by atoms with Crippen LogP contribution in [0.25, 0.3) is 0 Å². The van der Waals surface area contributed by atoms with E-state index in [-0.39, 0.29) is 12.6 Å². The van der Waals surface area contributed by atoms with Crippen LogP contribution in [0.4, 0.5) is 10.5 Å². The lowest BCUT2D eigenvalue weighted by Crippen LogP contribution is -2.49. The number of hydrogen-bond acceptors (Lipinski definition) is 2. The fourth-order valence-electron chi connectivity index (χ4n) is 2.93. The number of nitrogens with zero attached hydrogens (tertiary/aromatic N) is 2. The summed E-state index contributed by atoms with van der Waals surface area (Å²) < 4.78 is 0. The lowest BCUT2D eigenvalue weighted by molar-refractivity contribution is -0.141. The van der Waals surface area contributed by atoms with Crippen molar-refractivity contribution in [2.75, 3.05) is 24.5 Å². The molecule has 1 unspecified atom stereocenters. The van der Waals surface area contributed by atoms with Crippen LogP contribution in [-0.4, -0.2) is 41.6 Å². The van der Waals surface area contributed by atoms with Gasteiger partial charge in [-0.2, -0.15) is 0 Å². The van der Waals surface area contributed by atoms with Gasteiger partial charge in [-0.3, -0.25) is 9.69 Å². The molecule has 0 fully saturated rings. The molecule has 5 heteroatoms. The number of carbonyl (C=O) groups is 2. The molecule has 1 atom stereocenters. The van der Waals surface area contributed by atoms with E-state index in [0.717, 1.165) is 17.7 Å². The number of rotatable bonds is 1. The third kappa shape index (κ3) is 2.63. The molecule has 1 N–H and O–H groups in total. The van der Waals surface area contributed by atoms with Crippen molar-refractivity contribution in [3.05, 3.63) is 42.0 Å². The normalized spacial score (nSPS) is 21.0. The number of hydrogen-bond donors (Lipinski definition) is 1. The zero-order valence-corrected chi connectivity index (χ0v) is 11.7. The number of amides is 2. The lowest BCUT2D eigenvalue weighted by Gasteiger charge is -2.36. The molecule has 2 heterocycles. The van der Waals surface area contributed by atoms with E-state index in [0.29, 0.717) is 19.5 Å². The first kappa shape index (κ1) is 13.7. The van der Waals surface area contributed by atoms with E-state index >= 15 is 0 Å². The highest BCUT2D eigenvalue weighted by Crippen LogP contribution is 2.30. The Morgan fingerprint density at radius 3 is 2.71 bits per heavy atom. The van der Waals surface area contributed by atoms with Crippen LogP contribution in [-0.2, 0) is 11.2 Å². The number of carboxylic acids is 1. The highest BCUT2D eigenvalue weighted by atomic mass is 16.4. The third-order valence-corrected chi connectivity index (χ3v) is 4.06. The van der Waals surface area contributed by atoms with E-state index < -0.39 is 11.9 Å². The predicted octanol–water partition coefficient (Wildman–Crippen LogP) is 2.13. The van der Waals surface area contributed by atoms with Gasteiger partial charge in [0, 0.05) is 25.3 Å². The number of aliphatic carboxylic acids is 1. The quantitative estimate of drug-likeness (QED) is 0.805. The first-order valence-electron chi connectivity index (χ1n) is 7.19. The summed E-state index contributed by atoms with van der Waals surface area (Å²) in [4.78, 5) is 27.4. The van der Waals surface area contributed by atoms with Crippen molar-refractivity contribution in [3.63, 3.8) is 0 Å². The SMILES string of the molecule is O=C(O)C1Cc2ccccc2N(C(=O)N2CC=CCC2)C1. The van der Waals surface area contributed by atoms with Gasteiger partial charge in [0.05, 0.1) is 5.92 Å². The van der Waals surface area contributed by atoms with Gasteiger partial charge in [-0.05, 0) is 24.5 Å². The molecule has 0 radical (unpaired) electrons. The standard InChI is InChI=1S/C16H18N2O3/c19-15(20)13-10-12-6-2-3-7-14(12)18(11-13)16(21)17-8-4-1-5-9-17/h1-4,6-7,13H,5,8-11H2,(H,19,20). The Labute approximate surface area is 123 Å². The van der Waals surface area contributed by atoms with Gasteiger partial charge in [0.2, 0.25) is 0 Å². The Balaban J connectivity index is 1.90. The molecule has 110 valence electrons. The van der Waals surface area contributed by atoms with Gasteiger partial charge in [-0.25, -0.2) is 4.79 Å². The first-order valence-corrected chi connectivity index (χ1v) is 7.19. The van der Waals surface area contributed by atoms with Crippen LogP contribution in [0, 0.1) is 5.92 Å². The molecule has 2 aliphatic rings. The summed E-state index contributed by atoms with van der Waals surface area (Å²) in [5.74, 6) is -1.38. The number of carboxylic acid groups (broad SMARTS) is 1. The largest absolute Gasteiger partial charge is 0.481 e. The van der Waals surface area contributed by atoms with Gasteiger partial charge in [-0.1, -0.05) is 30.4 Å². The van der Waals surface area contributed by atoms with Crippen molar-refractivity contribution in [1.82, 2.24) is 4.90 Å². The Morgan fingerprint density at radius 2 is 2.00 bits per heavy atom. The summed E-state index contributed by atoms with van der Waals surface area (Å²) in [5, 5.41) is 9.31. The van der Waals surface area contributed by atoms with E-state index in [1.165, 1.54) is 0 Å². The van der Waals surface area contributed by atoms with Crippen LogP contribution in [0.2, 0.25) is 0 Å². The van der Waals surface area contributed by atoms with Crippen LogP contribution in [0.1, 0.15) is 12.0 Å². The average Bonchev–Trinajstić information content (AvgIpc) is 2.54. The lowest BCUT2D eigenvalue weighted by atomic mass is 9.92. The molecule has 0 aliphatic carbocycles. The van der Waals surface area contributed by atoms with E-state index in [2.05, 4.69) is 6.08 Å². The average molecular weight is 286 g/mol. The van der Waals surface area contributed by atoms with Crippen molar-refractivity contribution in [1.29, 1.82) is 0 Å².